The molecule has 2 rings (SSSR count). The summed E-state index contributed by atoms with van der Waals surface area (Å²) >= 11 is 0. The summed E-state index contributed by atoms with van der Waals surface area (Å²) in [6.07, 6.45) is 1.27. The summed E-state index contributed by atoms with van der Waals surface area (Å²) < 4.78 is 10.7. The molecular formula is C14H21NO2. The highest BCUT2D eigenvalue weighted by Gasteiger charge is 2.15. The molecule has 0 radical (unpaired) electrons. The summed E-state index contributed by atoms with van der Waals surface area (Å²) in [5.74, 6) is 0. The SMILES string of the molecule is Cc1cccc([C@@H](C)NCC2CCOCO2)c1. The van der Waals surface area contributed by atoms with Gasteiger partial charge in [-0.15, -0.1) is 0 Å². The van der Waals surface area contributed by atoms with Crippen molar-refractivity contribution in [2.45, 2.75) is 32.4 Å². The molecule has 0 aliphatic carbocycles. The zero-order valence-electron chi connectivity index (χ0n) is 10.6. The average Bonchev–Trinajstić information content (AvgIpc) is 2.37. The molecule has 0 saturated carbocycles. The van der Waals surface area contributed by atoms with Crippen LogP contribution in [0.25, 0.3) is 0 Å². The smallest absolute Gasteiger partial charge is 0.147 e. The Morgan fingerprint density at radius 1 is 1.47 bits per heavy atom. The minimum Gasteiger partial charge on any atom is -0.355 e. The first-order valence-electron chi connectivity index (χ1n) is 6.25. The number of hydrogen-bond donors (Lipinski definition) is 1. The van der Waals surface area contributed by atoms with Gasteiger partial charge in [-0.2, -0.15) is 0 Å². The van der Waals surface area contributed by atoms with E-state index in [0.29, 0.717) is 12.8 Å². The third-order valence-electron chi connectivity index (χ3n) is 3.17. The minimum atomic E-state index is 0.288. The van der Waals surface area contributed by atoms with Crippen LogP contribution < -0.4 is 5.32 Å². The van der Waals surface area contributed by atoms with Gasteiger partial charge < -0.3 is 14.8 Å². The zero-order valence-corrected chi connectivity index (χ0v) is 10.6. The number of benzene rings is 1. The lowest BCUT2D eigenvalue weighted by molar-refractivity contribution is -0.137. The van der Waals surface area contributed by atoms with Gasteiger partial charge in [-0.05, 0) is 25.8 Å². The molecule has 0 spiro atoms. The van der Waals surface area contributed by atoms with Crippen LogP contribution in [-0.2, 0) is 9.47 Å². The third kappa shape index (κ3) is 3.80. The predicted octanol–water partition coefficient (Wildman–Crippen LogP) is 2.41. The Labute approximate surface area is 103 Å². The van der Waals surface area contributed by atoms with Gasteiger partial charge in [0.15, 0.2) is 0 Å². The highest BCUT2D eigenvalue weighted by Crippen LogP contribution is 2.14. The second-order valence-corrected chi connectivity index (χ2v) is 4.65. The molecule has 0 aromatic heterocycles. The molecule has 2 atom stereocenters. The Bertz CT molecular complexity index is 348. The van der Waals surface area contributed by atoms with Crippen LogP contribution in [0.5, 0.6) is 0 Å². The van der Waals surface area contributed by atoms with Gasteiger partial charge in [0.25, 0.3) is 0 Å². The first kappa shape index (κ1) is 12.6. The monoisotopic (exact) mass is 235 g/mol. The maximum atomic E-state index is 5.50. The number of ether oxygens (including phenoxy) is 2. The van der Waals surface area contributed by atoms with Gasteiger partial charge in [-0.1, -0.05) is 29.8 Å². The van der Waals surface area contributed by atoms with E-state index in [1.54, 1.807) is 0 Å². The Morgan fingerprint density at radius 3 is 3.06 bits per heavy atom. The zero-order chi connectivity index (χ0) is 12.1. The van der Waals surface area contributed by atoms with E-state index in [2.05, 4.69) is 43.4 Å². The van der Waals surface area contributed by atoms with E-state index >= 15 is 0 Å². The Kier molecular flexibility index (Phi) is 4.54. The molecule has 0 amide bonds. The number of aryl methyl sites for hydroxylation is 1. The summed E-state index contributed by atoms with van der Waals surface area (Å²) in [6.45, 7) is 6.45. The van der Waals surface area contributed by atoms with Crippen molar-refractivity contribution in [3.8, 4) is 0 Å². The molecule has 1 aromatic rings. The fourth-order valence-electron chi connectivity index (χ4n) is 2.03. The van der Waals surface area contributed by atoms with Crippen LogP contribution in [0.15, 0.2) is 24.3 Å². The summed E-state index contributed by atoms with van der Waals surface area (Å²) in [4.78, 5) is 0. The van der Waals surface area contributed by atoms with Crippen molar-refractivity contribution in [2.24, 2.45) is 0 Å². The van der Waals surface area contributed by atoms with Crippen molar-refractivity contribution in [1.29, 1.82) is 0 Å². The molecule has 3 heteroatoms. The van der Waals surface area contributed by atoms with E-state index in [-0.39, 0.29) is 6.10 Å². The Balaban J connectivity index is 1.82. The van der Waals surface area contributed by atoms with E-state index in [9.17, 15) is 0 Å². The summed E-state index contributed by atoms with van der Waals surface area (Å²) in [7, 11) is 0. The van der Waals surface area contributed by atoms with Crippen molar-refractivity contribution < 1.29 is 9.47 Å². The van der Waals surface area contributed by atoms with E-state index in [0.717, 1.165) is 19.6 Å². The third-order valence-corrected chi connectivity index (χ3v) is 3.17. The average molecular weight is 235 g/mol. The van der Waals surface area contributed by atoms with E-state index in [1.165, 1.54) is 11.1 Å². The van der Waals surface area contributed by atoms with Crippen LogP contribution in [0.1, 0.15) is 30.5 Å². The van der Waals surface area contributed by atoms with Gasteiger partial charge in [0.2, 0.25) is 0 Å². The Morgan fingerprint density at radius 2 is 2.35 bits per heavy atom. The molecule has 1 aliphatic heterocycles. The molecule has 1 saturated heterocycles. The molecule has 0 bridgehead atoms. The van der Waals surface area contributed by atoms with Gasteiger partial charge in [0.1, 0.15) is 6.79 Å². The van der Waals surface area contributed by atoms with Crippen molar-refractivity contribution >= 4 is 0 Å². The van der Waals surface area contributed by atoms with Gasteiger partial charge in [-0.25, -0.2) is 0 Å². The second-order valence-electron chi connectivity index (χ2n) is 4.65. The van der Waals surface area contributed by atoms with Crippen LogP contribution >= 0.6 is 0 Å². The Hall–Kier alpha value is -0.900. The number of rotatable bonds is 4. The molecule has 1 fully saturated rings. The van der Waals surface area contributed by atoms with Crippen molar-refractivity contribution in [3.05, 3.63) is 35.4 Å². The highest BCUT2D eigenvalue weighted by molar-refractivity contribution is 5.24. The molecule has 1 aliphatic rings. The molecule has 1 heterocycles. The standard InChI is InChI=1S/C14H21NO2/c1-11-4-3-5-13(8-11)12(2)15-9-14-6-7-16-10-17-14/h3-5,8,12,14-15H,6-7,9-10H2,1-2H3/t12-,14?/m1/s1. The number of hydrogen-bond acceptors (Lipinski definition) is 3. The normalized spacial score (nSPS) is 22.4. The first-order valence-corrected chi connectivity index (χ1v) is 6.25. The van der Waals surface area contributed by atoms with E-state index < -0.39 is 0 Å². The van der Waals surface area contributed by atoms with E-state index in [1.807, 2.05) is 0 Å². The molecule has 1 unspecified atom stereocenters. The minimum absolute atomic E-state index is 0.288. The fraction of sp³-hybridized carbons (Fsp3) is 0.571. The number of nitrogens with one attached hydrogen (secondary N) is 1. The summed E-state index contributed by atoms with van der Waals surface area (Å²) in [5, 5.41) is 3.52. The quantitative estimate of drug-likeness (QED) is 0.869. The highest BCUT2D eigenvalue weighted by atomic mass is 16.7. The lowest BCUT2D eigenvalue weighted by atomic mass is 10.1. The van der Waals surface area contributed by atoms with Crippen LogP contribution in [0.4, 0.5) is 0 Å². The first-order chi connectivity index (χ1) is 8.25. The van der Waals surface area contributed by atoms with Gasteiger partial charge in [0.05, 0.1) is 12.7 Å². The molecular weight excluding hydrogens is 214 g/mol. The lowest BCUT2D eigenvalue weighted by Gasteiger charge is -2.25. The fourth-order valence-corrected chi connectivity index (χ4v) is 2.03. The van der Waals surface area contributed by atoms with Gasteiger partial charge in [0, 0.05) is 12.6 Å². The van der Waals surface area contributed by atoms with Gasteiger partial charge in [-0.3, -0.25) is 0 Å². The predicted molar refractivity (Wildman–Crippen MR) is 67.9 cm³/mol. The molecule has 94 valence electrons. The van der Waals surface area contributed by atoms with Gasteiger partial charge >= 0.3 is 0 Å². The van der Waals surface area contributed by atoms with Crippen molar-refractivity contribution in [3.63, 3.8) is 0 Å². The topological polar surface area (TPSA) is 30.5 Å². The van der Waals surface area contributed by atoms with Crippen LogP contribution in [-0.4, -0.2) is 26.0 Å². The maximum Gasteiger partial charge on any atom is 0.147 e. The van der Waals surface area contributed by atoms with Crippen LogP contribution in [0.3, 0.4) is 0 Å². The van der Waals surface area contributed by atoms with Crippen molar-refractivity contribution in [1.82, 2.24) is 5.32 Å². The lowest BCUT2D eigenvalue weighted by Crippen LogP contribution is -2.35. The summed E-state index contributed by atoms with van der Waals surface area (Å²) in [6, 6.07) is 8.98. The maximum absolute atomic E-state index is 5.50. The van der Waals surface area contributed by atoms with Crippen LogP contribution in [0, 0.1) is 6.92 Å². The summed E-state index contributed by atoms with van der Waals surface area (Å²) in [5.41, 5.74) is 2.63. The molecule has 1 N–H and O–H groups in total. The van der Waals surface area contributed by atoms with Crippen molar-refractivity contribution in [2.75, 3.05) is 19.9 Å². The van der Waals surface area contributed by atoms with Crippen LogP contribution in [0.2, 0.25) is 0 Å². The molecule has 3 nitrogen and oxygen atoms in total. The molecule has 1 aromatic carbocycles. The largest absolute Gasteiger partial charge is 0.355 e. The van der Waals surface area contributed by atoms with E-state index in [4.69, 9.17) is 9.47 Å². The second kappa shape index (κ2) is 6.15. The molecule has 17 heavy (non-hydrogen) atoms.